The van der Waals surface area contributed by atoms with E-state index >= 15 is 0 Å². The van der Waals surface area contributed by atoms with E-state index in [9.17, 15) is 14.9 Å². The number of benzene rings is 1. The molecule has 130 valence electrons. The van der Waals surface area contributed by atoms with Gasteiger partial charge in [-0.05, 0) is 29.7 Å². The molecule has 5 nitrogen and oxygen atoms in total. The Labute approximate surface area is 142 Å². The van der Waals surface area contributed by atoms with Crippen molar-refractivity contribution in [3.05, 3.63) is 58.3 Å². The van der Waals surface area contributed by atoms with E-state index in [4.69, 9.17) is 4.74 Å². The molecule has 0 bridgehead atoms. The summed E-state index contributed by atoms with van der Waals surface area (Å²) in [7, 11) is 0. The fourth-order valence-electron chi connectivity index (χ4n) is 3.68. The summed E-state index contributed by atoms with van der Waals surface area (Å²) < 4.78 is 5.60. The zero-order valence-electron chi connectivity index (χ0n) is 14.5. The van der Waals surface area contributed by atoms with Crippen LogP contribution in [0.25, 0.3) is 0 Å². The molecule has 0 radical (unpaired) electrons. The third kappa shape index (κ3) is 4.43. The summed E-state index contributed by atoms with van der Waals surface area (Å²) in [4.78, 5) is 21.6. The molecule has 1 aliphatic carbocycles. The summed E-state index contributed by atoms with van der Waals surface area (Å²) in [5.41, 5.74) is 1.07. The molecule has 0 heterocycles. The van der Waals surface area contributed by atoms with Crippen LogP contribution in [0, 0.1) is 22.0 Å². The number of carbonyl (C=O) groups excluding carboxylic acids is 1. The fourth-order valence-corrected chi connectivity index (χ4v) is 3.68. The highest BCUT2D eigenvalue weighted by molar-refractivity contribution is 5.81. The van der Waals surface area contributed by atoms with Crippen molar-refractivity contribution in [3.63, 3.8) is 0 Å². The van der Waals surface area contributed by atoms with Gasteiger partial charge in [-0.25, -0.2) is 4.79 Å². The average Bonchev–Trinajstić information content (AvgIpc) is 2.53. The maximum Gasteiger partial charge on any atom is 0.337 e. The topological polar surface area (TPSA) is 69.4 Å². The van der Waals surface area contributed by atoms with E-state index in [2.05, 4.69) is 32.9 Å². The van der Waals surface area contributed by atoms with Gasteiger partial charge in [0.1, 0.15) is 6.10 Å². The van der Waals surface area contributed by atoms with Crippen molar-refractivity contribution >= 4 is 5.97 Å². The zero-order valence-corrected chi connectivity index (χ0v) is 14.5. The lowest BCUT2D eigenvalue weighted by Crippen LogP contribution is -2.43. The van der Waals surface area contributed by atoms with Crippen LogP contribution in [0.4, 0.5) is 0 Å². The highest BCUT2D eigenvalue weighted by Crippen LogP contribution is 2.43. The molecule has 1 fully saturated rings. The number of rotatable bonds is 5. The van der Waals surface area contributed by atoms with Crippen molar-refractivity contribution in [3.8, 4) is 0 Å². The molecule has 0 spiro atoms. The van der Waals surface area contributed by atoms with Crippen molar-refractivity contribution in [2.75, 3.05) is 0 Å². The number of carbonyl (C=O) groups is 1. The lowest BCUT2D eigenvalue weighted by molar-refractivity contribution is -0.402. The Morgan fingerprint density at radius 1 is 1.29 bits per heavy atom. The van der Waals surface area contributed by atoms with Gasteiger partial charge in [0.2, 0.25) is 6.20 Å². The Kier molecular flexibility index (Phi) is 5.75. The predicted octanol–water partition coefficient (Wildman–Crippen LogP) is 4.10. The first-order chi connectivity index (χ1) is 11.3. The zero-order chi connectivity index (χ0) is 17.7. The number of nitro groups is 1. The maximum absolute atomic E-state index is 11.9. The molecule has 1 saturated carbocycles. The molecule has 5 heteroatoms. The normalized spacial score (nSPS) is 24.7. The number of hydrogen-bond acceptors (Lipinski definition) is 4. The molecule has 1 aromatic carbocycles. The van der Waals surface area contributed by atoms with Gasteiger partial charge in [0.25, 0.3) is 0 Å². The Morgan fingerprint density at radius 3 is 2.58 bits per heavy atom. The van der Waals surface area contributed by atoms with Crippen LogP contribution >= 0.6 is 0 Å². The van der Waals surface area contributed by atoms with E-state index in [1.807, 2.05) is 18.2 Å². The number of hydrogen-bond donors (Lipinski definition) is 0. The Morgan fingerprint density at radius 2 is 1.96 bits per heavy atom. The van der Waals surface area contributed by atoms with Crippen LogP contribution in [-0.4, -0.2) is 17.0 Å². The second-order valence-corrected chi connectivity index (χ2v) is 7.19. The molecule has 1 aromatic rings. The lowest BCUT2D eigenvalue weighted by Gasteiger charge is -2.43. The molecule has 2 rings (SSSR count). The van der Waals surface area contributed by atoms with Crippen LogP contribution in [0.5, 0.6) is 0 Å². The lowest BCUT2D eigenvalue weighted by atomic mass is 9.64. The first-order valence-electron chi connectivity index (χ1n) is 8.38. The van der Waals surface area contributed by atoms with Gasteiger partial charge in [-0.1, -0.05) is 57.5 Å². The average molecular weight is 331 g/mol. The van der Waals surface area contributed by atoms with Gasteiger partial charge in [0.05, 0.1) is 11.0 Å². The van der Waals surface area contributed by atoms with Gasteiger partial charge < -0.3 is 4.74 Å². The van der Waals surface area contributed by atoms with E-state index < -0.39 is 10.9 Å². The molecule has 0 N–H and O–H groups in total. The molecule has 24 heavy (non-hydrogen) atoms. The van der Waals surface area contributed by atoms with Gasteiger partial charge in [0.15, 0.2) is 0 Å². The van der Waals surface area contributed by atoms with Crippen LogP contribution < -0.4 is 0 Å². The highest BCUT2D eigenvalue weighted by atomic mass is 16.6. The molecule has 0 unspecified atom stereocenters. The van der Waals surface area contributed by atoms with Crippen molar-refractivity contribution in [1.82, 2.24) is 0 Å². The summed E-state index contributed by atoms with van der Waals surface area (Å²) in [6.07, 6.45) is 4.16. The van der Waals surface area contributed by atoms with E-state index in [0.29, 0.717) is 12.1 Å². The summed E-state index contributed by atoms with van der Waals surface area (Å²) >= 11 is 0. The molecule has 0 aliphatic heterocycles. The second-order valence-electron chi connectivity index (χ2n) is 7.19. The first-order valence-corrected chi connectivity index (χ1v) is 8.38. The molecule has 3 atom stereocenters. The standard InChI is InChI=1S/C19H25NO4/c1-14-9-10-16(19(2,3)15-7-5-4-6-8-15)17(13-14)24-18(21)11-12-20(22)23/h4-8,11-12,14,16-17H,9-10,13H2,1-3H3/b12-11+/t14-,16-,17-/m1/s1. The Bertz CT molecular complexity index is 609. The molecular formula is C19H25NO4. The number of nitrogens with zero attached hydrogens (tertiary/aromatic N) is 1. The summed E-state index contributed by atoms with van der Waals surface area (Å²) in [5.74, 6) is 0.0221. The largest absolute Gasteiger partial charge is 0.459 e. The van der Waals surface area contributed by atoms with Crippen LogP contribution in [0.15, 0.2) is 42.6 Å². The van der Waals surface area contributed by atoms with Gasteiger partial charge in [-0.15, -0.1) is 0 Å². The van der Waals surface area contributed by atoms with E-state index in [-0.39, 0.29) is 17.4 Å². The SMILES string of the molecule is C[C@@H]1CC[C@@H](C(C)(C)c2ccccc2)[C@H](OC(=O)/C=C/[N+](=O)[O-])C1. The molecular weight excluding hydrogens is 306 g/mol. The van der Waals surface area contributed by atoms with Crippen molar-refractivity contribution < 1.29 is 14.5 Å². The fraction of sp³-hybridized carbons (Fsp3) is 0.526. The molecule has 0 aromatic heterocycles. The van der Waals surface area contributed by atoms with Crippen molar-refractivity contribution in [2.45, 2.75) is 51.6 Å². The van der Waals surface area contributed by atoms with Gasteiger partial charge in [-0.2, -0.15) is 0 Å². The highest BCUT2D eigenvalue weighted by Gasteiger charge is 2.41. The first kappa shape index (κ1) is 18.2. The quantitative estimate of drug-likeness (QED) is 0.352. The molecule has 0 amide bonds. The Balaban J connectivity index is 2.19. The van der Waals surface area contributed by atoms with E-state index in [0.717, 1.165) is 25.3 Å². The smallest absolute Gasteiger partial charge is 0.337 e. The second kappa shape index (κ2) is 7.60. The van der Waals surface area contributed by atoms with Gasteiger partial charge >= 0.3 is 5.97 Å². The van der Waals surface area contributed by atoms with Crippen molar-refractivity contribution in [1.29, 1.82) is 0 Å². The monoisotopic (exact) mass is 331 g/mol. The van der Waals surface area contributed by atoms with Gasteiger partial charge in [0, 0.05) is 5.92 Å². The minimum atomic E-state index is -0.657. The van der Waals surface area contributed by atoms with Crippen LogP contribution in [0.1, 0.15) is 45.6 Å². The maximum atomic E-state index is 11.9. The third-order valence-electron chi connectivity index (χ3n) is 5.10. The van der Waals surface area contributed by atoms with Crippen LogP contribution in [-0.2, 0) is 14.9 Å². The van der Waals surface area contributed by atoms with E-state index in [1.54, 1.807) is 0 Å². The summed E-state index contributed by atoms with van der Waals surface area (Å²) in [6.45, 7) is 6.51. The minimum Gasteiger partial charge on any atom is -0.459 e. The van der Waals surface area contributed by atoms with Crippen molar-refractivity contribution in [2.24, 2.45) is 11.8 Å². The van der Waals surface area contributed by atoms with Crippen LogP contribution in [0.3, 0.4) is 0 Å². The molecule has 0 saturated heterocycles. The summed E-state index contributed by atoms with van der Waals surface area (Å²) in [6, 6.07) is 10.2. The number of esters is 1. The van der Waals surface area contributed by atoms with Crippen LogP contribution in [0.2, 0.25) is 0 Å². The minimum absolute atomic E-state index is 0.140. The predicted molar refractivity (Wildman–Crippen MR) is 92.0 cm³/mol. The Hall–Kier alpha value is -2.17. The number of ether oxygens (including phenoxy) is 1. The molecule has 1 aliphatic rings. The third-order valence-corrected chi connectivity index (χ3v) is 5.10. The summed E-state index contributed by atoms with van der Waals surface area (Å²) in [5, 5.41) is 10.4. The van der Waals surface area contributed by atoms with E-state index in [1.165, 1.54) is 5.56 Å². The van der Waals surface area contributed by atoms with Gasteiger partial charge in [-0.3, -0.25) is 10.1 Å².